The molecule has 1 heterocycles. The molecule has 3 rings (SSSR count). The van der Waals surface area contributed by atoms with E-state index in [9.17, 15) is 9.59 Å². The van der Waals surface area contributed by atoms with Crippen LogP contribution in [-0.2, 0) is 9.59 Å². The molecule has 1 aromatic heterocycles. The number of rotatable bonds is 6. The number of amides is 2. The van der Waals surface area contributed by atoms with Gasteiger partial charge in [-0.3, -0.25) is 14.3 Å². The Morgan fingerprint density at radius 3 is 2.57 bits per heavy atom. The van der Waals surface area contributed by atoms with E-state index in [4.69, 9.17) is 0 Å². The van der Waals surface area contributed by atoms with E-state index in [0.29, 0.717) is 0 Å². The average molecular weight is 441 g/mol. The fourth-order valence-corrected chi connectivity index (χ4v) is 3.41. The standard InChI is InChI=1S/C21H21BrN4O2/c1-15-13-17(22)9-10-18(15)24-19(27)14-25(2)21(28)20(26-12-6-11-23-26)16-7-4-3-5-8-16/h3-13,20H,14H2,1-2H3,(H,24,27). The highest BCUT2D eigenvalue weighted by atomic mass is 79.9. The zero-order valence-corrected chi connectivity index (χ0v) is 17.3. The molecule has 28 heavy (non-hydrogen) atoms. The minimum absolute atomic E-state index is 0.0566. The van der Waals surface area contributed by atoms with Crippen LogP contribution in [0.25, 0.3) is 0 Å². The van der Waals surface area contributed by atoms with Crippen LogP contribution in [0.3, 0.4) is 0 Å². The van der Waals surface area contributed by atoms with Gasteiger partial charge in [0.25, 0.3) is 5.91 Å². The fraction of sp³-hybridized carbons (Fsp3) is 0.190. The summed E-state index contributed by atoms with van der Waals surface area (Å²) in [5.41, 5.74) is 2.48. The number of carbonyl (C=O) groups excluding carboxylic acids is 2. The molecular formula is C21H21BrN4O2. The van der Waals surface area contributed by atoms with Crippen LogP contribution < -0.4 is 5.32 Å². The molecule has 2 aromatic carbocycles. The number of aryl methyl sites for hydroxylation is 1. The molecule has 6 nitrogen and oxygen atoms in total. The highest BCUT2D eigenvalue weighted by Crippen LogP contribution is 2.21. The van der Waals surface area contributed by atoms with Crippen molar-refractivity contribution in [1.82, 2.24) is 14.7 Å². The van der Waals surface area contributed by atoms with E-state index >= 15 is 0 Å². The van der Waals surface area contributed by atoms with Gasteiger partial charge in [0.2, 0.25) is 5.91 Å². The van der Waals surface area contributed by atoms with E-state index in [2.05, 4.69) is 26.3 Å². The van der Waals surface area contributed by atoms with Crippen molar-refractivity contribution in [3.63, 3.8) is 0 Å². The summed E-state index contributed by atoms with van der Waals surface area (Å²) in [6, 6.07) is 16.2. The molecule has 7 heteroatoms. The minimum atomic E-state index is -0.622. The summed E-state index contributed by atoms with van der Waals surface area (Å²) in [4.78, 5) is 27.0. The predicted molar refractivity (Wildman–Crippen MR) is 112 cm³/mol. The molecule has 0 saturated heterocycles. The number of hydrogen-bond donors (Lipinski definition) is 1. The molecule has 0 radical (unpaired) electrons. The first-order valence-electron chi connectivity index (χ1n) is 8.81. The monoisotopic (exact) mass is 440 g/mol. The number of nitrogens with zero attached hydrogens (tertiary/aromatic N) is 3. The molecule has 0 bridgehead atoms. The van der Waals surface area contributed by atoms with Gasteiger partial charge in [0.15, 0.2) is 6.04 Å². The van der Waals surface area contributed by atoms with Crippen LogP contribution in [0.15, 0.2) is 71.5 Å². The number of benzene rings is 2. The summed E-state index contributed by atoms with van der Waals surface area (Å²) in [7, 11) is 1.62. The molecule has 3 aromatic rings. The lowest BCUT2D eigenvalue weighted by Crippen LogP contribution is -2.40. The zero-order chi connectivity index (χ0) is 20.1. The topological polar surface area (TPSA) is 67.2 Å². The number of hydrogen-bond acceptors (Lipinski definition) is 3. The Hall–Kier alpha value is -2.93. The van der Waals surface area contributed by atoms with Crippen molar-refractivity contribution >= 4 is 33.4 Å². The molecule has 0 fully saturated rings. The normalized spacial score (nSPS) is 11.7. The summed E-state index contributed by atoms with van der Waals surface area (Å²) in [6.07, 6.45) is 3.38. The number of likely N-dealkylation sites (N-methyl/N-ethyl adjacent to an activating group) is 1. The third kappa shape index (κ3) is 4.67. The van der Waals surface area contributed by atoms with Gasteiger partial charge in [0, 0.05) is 29.6 Å². The number of anilines is 1. The van der Waals surface area contributed by atoms with Gasteiger partial charge in [0.05, 0.1) is 6.54 Å². The van der Waals surface area contributed by atoms with Crippen molar-refractivity contribution in [1.29, 1.82) is 0 Å². The largest absolute Gasteiger partial charge is 0.334 e. The zero-order valence-electron chi connectivity index (χ0n) is 15.7. The second-order valence-electron chi connectivity index (χ2n) is 6.50. The van der Waals surface area contributed by atoms with Gasteiger partial charge in [-0.1, -0.05) is 46.3 Å². The Morgan fingerprint density at radius 1 is 1.18 bits per heavy atom. The predicted octanol–water partition coefficient (Wildman–Crippen LogP) is 3.64. The lowest BCUT2D eigenvalue weighted by molar-refractivity contribution is -0.135. The van der Waals surface area contributed by atoms with Crippen LogP contribution in [0.1, 0.15) is 17.2 Å². The third-order valence-electron chi connectivity index (χ3n) is 4.36. The summed E-state index contributed by atoms with van der Waals surface area (Å²) < 4.78 is 2.55. The maximum atomic E-state index is 13.1. The summed E-state index contributed by atoms with van der Waals surface area (Å²) in [5, 5.41) is 7.09. The van der Waals surface area contributed by atoms with Gasteiger partial charge in [-0.2, -0.15) is 5.10 Å². The Labute approximate surface area is 172 Å². The average Bonchev–Trinajstić information content (AvgIpc) is 3.19. The summed E-state index contributed by atoms with van der Waals surface area (Å²) in [5.74, 6) is -0.467. The first kappa shape index (κ1) is 19.8. The Morgan fingerprint density at radius 2 is 1.93 bits per heavy atom. The molecule has 0 spiro atoms. The van der Waals surface area contributed by atoms with Crippen LogP contribution in [0, 0.1) is 6.92 Å². The highest BCUT2D eigenvalue weighted by Gasteiger charge is 2.27. The van der Waals surface area contributed by atoms with E-state index in [1.165, 1.54) is 4.90 Å². The first-order chi connectivity index (χ1) is 13.5. The number of carbonyl (C=O) groups is 2. The van der Waals surface area contributed by atoms with E-state index in [0.717, 1.165) is 21.3 Å². The molecule has 2 amide bonds. The van der Waals surface area contributed by atoms with Gasteiger partial charge >= 0.3 is 0 Å². The van der Waals surface area contributed by atoms with Crippen molar-refractivity contribution in [3.05, 3.63) is 82.6 Å². The van der Waals surface area contributed by atoms with Crippen LogP contribution in [0.4, 0.5) is 5.69 Å². The smallest absolute Gasteiger partial charge is 0.252 e. The number of nitrogens with one attached hydrogen (secondary N) is 1. The molecule has 0 aliphatic carbocycles. The van der Waals surface area contributed by atoms with Crippen molar-refractivity contribution in [2.45, 2.75) is 13.0 Å². The Kier molecular flexibility index (Phi) is 6.26. The second-order valence-corrected chi connectivity index (χ2v) is 7.42. The number of aromatic nitrogens is 2. The van der Waals surface area contributed by atoms with Crippen molar-refractivity contribution < 1.29 is 9.59 Å². The van der Waals surface area contributed by atoms with Crippen molar-refractivity contribution in [2.24, 2.45) is 0 Å². The molecular weight excluding hydrogens is 420 g/mol. The van der Waals surface area contributed by atoms with Gasteiger partial charge < -0.3 is 10.2 Å². The van der Waals surface area contributed by atoms with Crippen LogP contribution >= 0.6 is 15.9 Å². The fourth-order valence-electron chi connectivity index (χ4n) is 2.94. The summed E-state index contributed by atoms with van der Waals surface area (Å²) >= 11 is 3.40. The van der Waals surface area contributed by atoms with E-state index in [1.807, 2.05) is 55.5 Å². The first-order valence-corrected chi connectivity index (χ1v) is 9.60. The van der Waals surface area contributed by atoms with E-state index in [1.54, 1.807) is 30.2 Å². The molecule has 1 atom stereocenters. The quantitative estimate of drug-likeness (QED) is 0.635. The van der Waals surface area contributed by atoms with Crippen LogP contribution in [-0.4, -0.2) is 40.1 Å². The van der Waals surface area contributed by atoms with Gasteiger partial charge in [-0.25, -0.2) is 0 Å². The minimum Gasteiger partial charge on any atom is -0.334 e. The molecule has 1 unspecified atom stereocenters. The SMILES string of the molecule is Cc1cc(Br)ccc1NC(=O)CN(C)C(=O)C(c1ccccc1)n1cccn1. The Bertz CT molecular complexity index is 958. The van der Waals surface area contributed by atoms with Crippen molar-refractivity contribution in [3.8, 4) is 0 Å². The Balaban J connectivity index is 1.73. The van der Waals surface area contributed by atoms with E-state index < -0.39 is 6.04 Å². The van der Waals surface area contributed by atoms with Crippen LogP contribution in [0.5, 0.6) is 0 Å². The molecule has 0 saturated carbocycles. The molecule has 1 N–H and O–H groups in total. The van der Waals surface area contributed by atoms with E-state index in [-0.39, 0.29) is 18.4 Å². The second kappa shape index (κ2) is 8.84. The van der Waals surface area contributed by atoms with Gasteiger partial charge in [-0.05, 0) is 42.3 Å². The molecule has 0 aliphatic heterocycles. The maximum absolute atomic E-state index is 13.1. The van der Waals surface area contributed by atoms with Crippen molar-refractivity contribution in [2.75, 3.05) is 18.9 Å². The lowest BCUT2D eigenvalue weighted by Gasteiger charge is -2.24. The molecule has 144 valence electrons. The third-order valence-corrected chi connectivity index (χ3v) is 4.85. The van der Waals surface area contributed by atoms with Crippen LogP contribution in [0.2, 0.25) is 0 Å². The highest BCUT2D eigenvalue weighted by molar-refractivity contribution is 9.10. The summed E-state index contributed by atoms with van der Waals surface area (Å²) in [6.45, 7) is 1.86. The van der Waals surface area contributed by atoms with Gasteiger partial charge in [0.1, 0.15) is 0 Å². The molecule has 0 aliphatic rings. The van der Waals surface area contributed by atoms with Gasteiger partial charge in [-0.15, -0.1) is 0 Å². The lowest BCUT2D eigenvalue weighted by atomic mass is 10.1. The number of halogens is 1. The maximum Gasteiger partial charge on any atom is 0.252 e.